The third-order valence-electron chi connectivity index (χ3n) is 3.80. The van der Waals surface area contributed by atoms with Crippen LogP contribution >= 0.6 is 0 Å². The average molecular weight is 352 g/mol. The van der Waals surface area contributed by atoms with Crippen molar-refractivity contribution in [3.05, 3.63) is 47.3 Å². The summed E-state index contributed by atoms with van der Waals surface area (Å²) in [5, 5.41) is 0. The minimum Gasteiger partial charge on any atom is -0.497 e. The quantitative estimate of drug-likeness (QED) is 0.798. The van der Waals surface area contributed by atoms with Gasteiger partial charge >= 0.3 is 5.97 Å². The summed E-state index contributed by atoms with van der Waals surface area (Å²) in [5.74, 6) is 0.112. The second kappa shape index (κ2) is 7.06. The lowest BCUT2D eigenvalue weighted by atomic mass is 10.2. The zero-order chi connectivity index (χ0) is 17.9. The molecule has 0 aliphatic heterocycles. The van der Waals surface area contributed by atoms with Crippen LogP contribution in [0.15, 0.2) is 35.2 Å². The molecule has 1 aromatic heterocycles. The number of ether oxygens (including phenoxy) is 2. The zero-order valence-corrected chi connectivity index (χ0v) is 14.8. The molecule has 8 heteroatoms. The van der Waals surface area contributed by atoms with Crippen molar-refractivity contribution in [3.63, 3.8) is 0 Å². The summed E-state index contributed by atoms with van der Waals surface area (Å²) in [5.41, 5.74) is 1.43. The maximum absolute atomic E-state index is 12.5. The van der Waals surface area contributed by atoms with Crippen LogP contribution in [-0.2, 0) is 28.4 Å². The first-order chi connectivity index (χ1) is 11.3. The number of benzene rings is 1. The highest BCUT2D eigenvalue weighted by Gasteiger charge is 2.24. The van der Waals surface area contributed by atoms with Crippen molar-refractivity contribution in [2.75, 3.05) is 14.2 Å². The minimum absolute atomic E-state index is 0.0545. The summed E-state index contributed by atoms with van der Waals surface area (Å²) in [4.78, 5) is 11.8. The number of methoxy groups -OCH3 is 2. The van der Waals surface area contributed by atoms with E-state index in [1.54, 1.807) is 45.3 Å². The van der Waals surface area contributed by atoms with Crippen molar-refractivity contribution < 1.29 is 22.7 Å². The molecule has 1 heterocycles. The number of aromatic nitrogens is 1. The minimum atomic E-state index is -3.76. The maximum atomic E-state index is 12.5. The fraction of sp³-hybridized carbons (Fsp3) is 0.312. The van der Waals surface area contributed by atoms with Gasteiger partial charge in [0.05, 0.1) is 14.2 Å². The van der Waals surface area contributed by atoms with Crippen molar-refractivity contribution in [1.82, 2.24) is 9.29 Å². The van der Waals surface area contributed by atoms with Gasteiger partial charge in [-0.05, 0) is 30.7 Å². The number of hydrogen-bond donors (Lipinski definition) is 1. The van der Waals surface area contributed by atoms with Gasteiger partial charge in [-0.3, -0.25) is 0 Å². The van der Waals surface area contributed by atoms with Gasteiger partial charge in [0.1, 0.15) is 16.3 Å². The molecular weight excluding hydrogens is 332 g/mol. The molecule has 0 radical (unpaired) electrons. The molecule has 0 spiro atoms. The average Bonchev–Trinajstić information content (AvgIpc) is 2.89. The first-order valence-corrected chi connectivity index (χ1v) is 8.65. The van der Waals surface area contributed by atoms with E-state index in [1.807, 2.05) is 0 Å². The van der Waals surface area contributed by atoms with Crippen molar-refractivity contribution >= 4 is 16.0 Å². The Morgan fingerprint density at radius 2 is 1.83 bits per heavy atom. The third kappa shape index (κ3) is 3.60. The van der Waals surface area contributed by atoms with Crippen LogP contribution in [0.2, 0.25) is 0 Å². The van der Waals surface area contributed by atoms with Crippen LogP contribution in [0.4, 0.5) is 0 Å². The third-order valence-corrected chi connectivity index (χ3v) is 5.31. The summed E-state index contributed by atoms with van der Waals surface area (Å²) < 4.78 is 38.8. The van der Waals surface area contributed by atoms with Gasteiger partial charge in [0, 0.05) is 19.3 Å². The molecule has 0 saturated heterocycles. The Labute approximate surface area is 141 Å². The van der Waals surface area contributed by atoms with Gasteiger partial charge < -0.3 is 14.0 Å². The van der Waals surface area contributed by atoms with Gasteiger partial charge in [0.15, 0.2) is 0 Å². The maximum Gasteiger partial charge on any atom is 0.354 e. The second-order valence-corrected chi connectivity index (χ2v) is 6.94. The predicted octanol–water partition coefficient (Wildman–Crippen LogP) is 1.61. The van der Waals surface area contributed by atoms with E-state index in [0.29, 0.717) is 11.4 Å². The summed E-state index contributed by atoms with van der Waals surface area (Å²) in [6.07, 6.45) is 0. The highest BCUT2D eigenvalue weighted by molar-refractivity contribution is 7.89. The fourth-order valence-electron chi connectivity index (χ4n) is 2.24. The number of carbonyl (C=O) groups is 1. The lowest BCUT2D eigenvalue weighted by Crippen LogP contribution is -2.23. The van der Waals surface area contributed by atoms with Gasteiger partial charge in [0.25, 0.3) is 0 Å². The number of esters is 1. The van der Waals surface area contributed by atoms with Crippen LogP contribution in [0.3, 0.4) is 0 Å². The highest BCUT2D eigenvalue weighted by atomic mass is 32.2. The van der Waals surface area contributed by atoms with E-state index in [4.69, 9.17) is 4.74 Å². The number of rotatable bonds is 6. The highest BCUT2D eigenvalue weighted by Crippen LogP contribution is 2.20. The molecule has 130 valence electrons. The summed E-state index contributed by atoms with van der Waals surface area (Å²) in [6, 6.07) is 8.38. The SMILES string of the molecule is COC(=O)c1cc(S(=O)(=O)NCc2ccc(OC)cc2)c(C)n1C. The van der Waals surface area contributed by atoms with E-state index in [0.717, 1.165) is 5.56 Å². The molecule has 2 rings (SSSR count). The van der Waals surface area contributed by atoms with Gasteiger partial charge in [0.2, 0.25) is 10.0 Å². The first kappa shape index (κ1) is 18.0. The summed E-state index contributed by atoms with van der Waals surface area (Å²) >= 11 is 0. The molecule has 0 saturated carbocycles. The number of hydrogen-bond acceptors (Lipinski definition) is 5. The van der Waals surface area contributed by atoms with Gasteiger partial charge in [-0.2, -0.15) is 0 Å². The molecule has 1 aromatic carbocycles. The lowest BCUT2D eigenvalue weighted by molar-refractivity contribution is 0.0589. The van der Waals surface area contributed by atoms with E-state index in [9.17, 15) is 13.2 Å². The molecule has 0 aliphatic rings. The molecule has 1 N–H and O–H groups in total. The van der Waals surface area contributed by atoms with Crippen molar-refractivity contribution in [3.8, 4) is 5.75 Å². The van der Waals surface area contributed by atoms with Gasteiger partial charge in [-0.25, -0.2) is 17.9 Å². The van der Waals surface area contributed by atoms with Crippen LogP contribution in [-0.4, -0.2) is 33.2 Å². The fourth-order valence-corrected chi connectivity index (χ4v) is 3.55. The Hall–Kier alpha value is -2.32. The van der Waals surface area contributed by atoms with Crippen molar-refractivity contribution in [2.45, 2.75) is 18.4 Å². The molecule has 0 amide bonds. The molecule has 0 fully saturated rings. The topological polar surface area (TPSA) is 86.6 Å². The zero-order valence-electron chi connectivity index (χ0n) is 14.0. The molecular formula is C16H20N2O5S. The predicted molar refractivity (Wildman–Crippen MR) is 88.5 cm³/mol. The van der Waals surface area contributed by atoms with Crippen LogP contribution in [0.1, 0.15) is 21.7 Å². The van der Waals surface area contributed by atoms with Crippen molar-refractivity contribution in [2.24, 2.45) is 7.05 Å². The van der Waals surface area contributed by atoms with E-state index in [-0.39, 0.29) is 17.1 Å². The van der Waals surface area contributed by atoms with E-state index >= 15 is 0 Å². The number of nitrogens with zero attached hydrogens (tertiary/aromatic N) is 1. The molecule has 7 nitrogen and oxygen atoms in total. The lowest BCUT2D eigenvalue weighted by Gasteiger charge is -2.08. The van der Waals surface area contributed by atoms with Gasteiger partial charge in [-0.1, -0.05) is 12.1 Å². The molecule has 0 aliphatic carbocycles. The Kier molecular flexibility index (Phi) is 5.30. The summed E-state index contributed by atoms with van der Waals surface area (Å²) in [6.45, 7) is 1.77. The Balaban J connectivity index is 2.22. The molecule has 2 aromatic rings. The smallest absolute Gasteiger partial charge is 0.354 e. The molecule has 24 heavy (non-hydrogen) atoms. The Bertz CT molecular complexity index is 838. The van der Waals surface area contributed by atoms with E-state index < -0.39 is 16.0 Å². The monoisotopic (exact) mass is 352 g/mol. The van der Waals surface area contributed by atoms with Crippen LogP contribution in [0, 0.1) is 6.92 Å². The molecule has 0 unspecified atom stereocenters. The van der Waals surface area contributed by atoms with E-state index in [2.05, 4.69) is 9.46 Å². The number of nitrogens with one attached hydrogen (secondary N) is 1. The van der Waals surface area contributed by atoms with Gasteiger partial charge in [-0.15, -0.1) is 0 Å². The largest absolute Gasteiger partial charge is 0.497 e. The molecule has 0 atom stereocenters. The molecule has 0 bridgehead atoms. The van der Waals surface area contributed by atoms with Crippen LogP contribution in [0.25, 0.3) is 0 Å². The van der Waals surface area contributed by atoms with Crippen LogP contribution < -0.4 is 9.46 Å². The Morgan fingerprint density at radius 3 is 2.38 bits per heavy atom. The Morgan fingerprint density at radius 1 is 1.21 bits per heavy atom. The van der Waals surface area contributed by atoms with Crippen LogP contribution in [0.5, 0.6) is 5.75 Å². The van der Waals surface area contributed by atoms with E-state index in [1.165, 1.54) is 17.7 Å². The summed E-state index contributed by atoms with van der Waals surface area (Å²) in [7, 11) is 0.672. The number of sulfonamides is 1. The van der Waals surface area contributed by atoms with Crippen molar-refractivity contribution in [1.29, 1.82) is 0 Å². The standard InChI is InChI=1S/C16H20N2O5S/c1-11-15(9-14(18(11)2)16(19)23-4)24(20,21)17-10-12-5-7-13(22-3)8-6-12/h5-9,17H,10H2,1-4H3. The second-order valence-electron chi connectivity index (χ2n) is 5.20. The number of carbonyl (C=O) groups excluding carboxylic acids is 1. The first-order valence-electron chi connectivity index (χ1n) is 7.17. The normalized spacial score (nSPS) is 11.3.